The van der Waals surface area contributed by atoms with Crippen molar-refractivity contribution in [3.05, 3.63) is 58.1 Å². The Morgan fingerprint density at radius 1 is 1.00 bits per heavy atom. The Morgan fingerprint density at radius 3 is 2.34 bits per heavy atom. The smallest absolute Gasteiger partial charge is 0.269 e. The van der Waals surface area contributed by atoms with Crippen LogP contribution >= 0.6 is 0 Å². The van der Waals surface area contributed by atoms with Gasteiger partial charge in [0, 0.05) is 44.0 Å². The number of nitro groups is 1. The van der Waals surface area contributed by atoms with E-state index in [2.05, 4.69) is 39.1 Å². The number of hydrogen-bond acceptors (Lipinski definition) is 6. The highest BCUT2D eigenvalue weighted by Gasteiger charge is 2.17. The predicted octanol–water partition coefficient (Wildman–Crippen LogP) is 5.63. The lowest BCUT2D eigenvalue weighted by molar-refractivity contribution is -0.384. The molecule has 1 fully saturated rings. The number of anilines is 1. The zero-order valence-corrected chi connectivity index (χ0v) is 17.3. The Kier molecular flexibility index (Phi) is 7.30. The van der Waals surface area contributed by atoms with E-state index in [0.29, 0.717) is 5.69 Å². The van der Waals surface area contributed by atoms with Crippen molar-refractivity contribution < 1.29 is 4.92 Å². The Balaban J connectivity index is 1.58. The van der Waals surface area contributed by atoms with Crippen LogP contribution in [-0.4, -0.2) is 42.5 Å². The van der Waals surface area contributed by atoms with Gasteiger partial charge >= 0.3 is 0 Å². The second-order valence-corrected chi connectivity index (χ2v) is 7.48. The van der Waals surface area contributed by atoms with Gasteiger partial charge in [0.05, 0.1) is 16.3 Å². The van der Waals surface area contributed by atoms with Gasteiger partial charge in [-0.3, -0.25) is 15.0 Å². The van der Waals surface area contributed by atoms with Crippen molar-refractivity contribution in [2.24, 2.45) is 10.2 Å². The second-order valence-electron chi connectivity index (χ2n) is 7.48. The molecule has 7 nitrogen and oxygen atoms in total. The lowest BCUT2D eigenvalue weighted by Gasteiger charge is -2.36. The molecule has 7 heteroatoms. The van der Waals surface area contributed by atoms with E-state index in [1.165, 1.54) is 43.6 Å². The fourth-order valence-electron chi connectivity index (χ4n) is 3.52. The van der Waals surface area contributed by atoms with Crippen molar-refractivity contribution >= 4 is 22.7 Å². The number of nitro benzene ring substituents is 1. The molecule has 154 valence electrons. The maximum atomic E-state index is 10.7. The van der Waals surface area contributed by atoms with Crippen LogP contribution in [0.1, 0.15) is 31.7 Å². The van der Waals surface area contributed by atoms with E-state index in [0.717, 1.165) is 37.4 Å². The van der Waals surface area contributed by atoms with E-state index >= 15 is 0 Å². The first-order chi connectivity index (χ1) is 14.1. The van der Waals surface area contributed by atoms with E-state index in [1.807, 2.05) is 13.0 Å². The van der Waals surface area contributed by atoms with Crippen molar-refractivity contribution in [3.63, 3.8) is 0 Å². The first kappa shape index (κ1) is 20.9. The summed E-state index contributed by atoms with van der Waals surface area (Å²) < 4.78 is 0. The molecule has 29 heavy (non-hydrogen) atoms. The van der Waals surface area contributed by atoms with Gasteiger partial charge in [0.25, 0.3) is 5.69 Å². The summed E-state index contributed by atoms with van der Waals surface area (Å²) >= 11 is 0. The zero-order valence-electron chi connectivity index (χ0n) is 17.3. The molecule has 0 unspecified atom stereocenters. The van der Waals surface area contributed by atoms with Crippen molar-refractivity contribution in [3.8, 4) is 0 Å². The molecule has 0 radical (unpaired) electrons. The Labute approximate surface area is 172 Å². The van der Waals surface area contributed by atoms with Crippen molar-refractivity contribution in [2.45, 2.75) is 33.1 Å². The molecule has 2 aromatic rings. The standard InChI is InChI=1S/C22H29N5O2/c1-3-4-5-12-25-13-15-26(16-14-25)21-10-11-22(18(2)17-21)24-23-19-6-8-20(9-7-19)27(28)29/h6-11,17H,3-5,12-16H2,1-2H3. The van der Waals surface area contributed by atoms with Gasteiger partial charge in [-0.2, -0.15) is 10.2 Å². The summed E-state index contributed by atoms with van der Waals surface area (Å²) in [5.74, 6) is 0. The first-order valence-corrected chi connectivity index (χ1v) is 10.3. The summed E-state index contributed by atoms with van der Waals surface area (Å²) in [4.78, 5) is 15.3. The third-order valence-electron chi connectivity index (χ3n) is 5.33. The van der Waals surface area contributed by atoms with E-state index in [4.69, 9.17) is 0 Å². The van der Waals surface area contributed by atoms with Gasteiger partial charge in [-0.25, -0.2) is 0 Å². The average Bonchev–Trinajstić information content (AvgIpc) is 2.74. The monoisotopic (exact) mass is 395 g/mol. The van der Waals surface area contributed by atoms with E-state index < -0.39 is 4.92 Å². The molecule has 1 aliphatic rings. The van der Waals surface area contributed by atoms with Crippen molar-refractivity contribution in [1.29, 1.82) is 0 Å². The number of benzene rings is 2. The number of piperazine rings is 1. The zero-order chi connectivity index (χ0) is 20.6. The quantitative estimate of drug-likeness (QED) is 0.251. The van der Waals surface area contributed by atoms with Crippen LogP contribution < -0.4 is 4.90 Å². The fourth-order valence-corrected chi connectivity index (χ4v) is 3.52. The molecular formula is C22H29N5O2. The minimum Gasteiger partial charge on any atom is -0.369 e. The molecule has 1 aliphatic heterocycles. The van der Waals surface area contributed by atoms with Crippen LogP contribution in [0.2, 0.25) is 0 Å². The van der Waals surface area contributed by atoms with Crippen molar-refractivity contribution in [2.75, 3.05) is 37.6 Å². The highest BCUT2D eigenvalue weighted by Crippen LogP contribution is 2.28. The topological polar surface area (TPSA) is 74.3 Å². The van der Waals surface area contributed by atoms with E-state index in [-0.39, 0.29) is 5.69 Å². The lowest BCUT2D eigenvalue weighted by atomic mass is 10.1. The maximum absolute atomic E-state index is 10.7. The number of aryl methyl sites for hydroxylation is 1. The molecule has 1 saturated heterocycles. The van der Waals surface area contributed by atoms with Gasteiger partial charge in [0.1, 0.15) is 0 Å². The Morgan fingerprint density at radius 2 is 1.72 bits per heavy atom. The number of nitrogens with zero attached hydrogens (tertiary/aromatic N) is 5. The van der Waals surface area contributed by atoms with Crippen molar-refractivity contribution in [1.82, 2.24) is 4.90 Å². The maximum Gasteiger partial charge on any atom is 0.269 e. The predicted molar refractivity (Wildman–Crippen MR) is 117 cm³/mol. The van der Waals surface area contributed by atoms with E-state index in [1.54, 1.807) is 12.1 Å². The first-order valence-electron chi connectivity index (χ1n) is 10.3. The van der Waals surface area contributed by atoms with Crippen LogP contribution in [0.15, 0.2) is 52.7 Å². The van der Waals surface area contributed by atoms with Crippen LogP contribution in [0.5, 0.6) is 0 Å². The number of unbranched alkanes of at least 4 members (excludes halogenated alkanes) is 2. The number of hydrogen-bond donors (Lipinski definition) is 0. The molecule has 0 aliphatic carbocycles. The number of non-ortho nitro benzene ring substituents is 1. The highest BCUT2D eigenvalue weighted by atomic mass is 16.6. The molecular weight excluding hydrogens is 366 g/mol. The molecule has 0 spiro atoms. The molecule has 0 aromatic heterocycles. The number of azo groups is 1. The lowest BCUT2D eigenvalue weighted by Crippen LogP contribution is -2.46. The SMILES string of the molecule is CCCCCN1CCN(c2ccc(N=Nc3ccc([N+](=O)[O-])cc3)c(C)c2)CC1. The normalized spacial score (nSPS) is 15.2. The fraction of sp³-hybridized carbons (Fsp3) is 0.455. The van der Waals surface area contributed by atoms with E-state index in [9.17, 15) is 10.1 Å². The minimum absolute atomic E-state index is 0.0509. The van der Waals surface area contributed by atoms with Gasteiger partial charge in [-0.15, -0.1) is 0 Å². The summed E-state index contributed by atoms with van der Waals surface area (Å²) in [7, 11) is 0. The summed E-state index contributed by atoms with van der Waals surface area (Å²) in [6.07, 6.45) is 3.88. The summed E-state index contributed by atoms with van der Waals surface area (Å²) in [5.41, 5.74) is 3.75. The Bertz CT molecular complexity index is 843. The third-order valence-corrected chi connectivity index (χ3v) is 5.33. The number of rotatable bonds is 8. The molecule has 1 heterocycles. The second kappa shape index (κ2) is 10.1. The largest absolute Gasteiger partial charge is 0.369 e. The van der Waals surface area contributed by atoms with Crippen LogP contribution in [0, 0.1) is 17.0 Å². The van der Waals surface area contributed by atoms with Crippen LogP contribution in [0.3, 0.4) is 0 Å². The molecule has 0 bridgehead atoms. The molecule has 2 aromatic carbocycles. The van der Waals surface area contributed by atoms with Crippen LogP contribution in [0.4, 0.5) is 22.7 Å². The highest BCUT2D eigenvalue weighted by molar-refractivity contribution is 5.58. The van der Waals surface area contributed by atoms with Crippen LogP contribution in [-0.2, 0) is 0 Å². The molecule has 0 saturated carbocycles. The van der Waals surface area contributed by atoms with Gasteiger partial charge in [-0.1, -0.05) is 19.8 Å². The van der Waals surface area contributed by atoms with Gasteiger partial charge in [-0.05, 0) is 55.8 Å². The third kappa shape index (κ3) is 5.84. The average molecular weight is 396 g/mol. The molecule has 0 N–H and O–H groups in total. The molecule has 0 amide bonds. The molecule has 3 rings (SSSR count). The molecule has 0 atom stereocenters. The van der Waals surface area contributed by atoms with Gasteiger partial charge < -0.3 is 4.90 Å². The summed E-state index contributed by atoms with van der Waals surface area (Å²) in [5, 5.41) is 19.2. The van der Waals surface area contributed by atoms with Crippen LogP contribution in [0.25, 0.3) is 0 Å². The summed E-state index contributed by atoms with van der Waals surface area (Å²) in [6, 6.07) is 12.3. The summed E-state index contributed by atoms with van der Waals surface area (Å²) in [6.45, 7) is 9.83. The van der Waals surface area contributed by atoms with Gasteiger partial charge in [0.15, 0.2) is 0 Å². The minimum atomic E-state index is -0.422. The van der Waals surface area contributed by atoms with Gasteiger partial charge in [0.2, 0.25) is 0 Å². The Hall–Kier alpha value is -2.80.